The molecule has 0 atom stereocenters. The number of anilines is 1. The van der Waals surface area contributed by atoms with Gasteiger partial charge in [0.2, 0.25) is 15.9 Å². The molecule has 3 aromatic rings. The van der Waals surface area contributed by atoms with Crippen LogP contribution in [0.3, 0.4) is 0 Å². The van der Waals surface area contributed by atoms with Crippen molar-refractivity contribution in [2.45, 2.75) is 45.4 Å². The quantitative estimate of drug-likeness (QED) is 0.497. The summed E-state index contributed by atoms with van der Waals surface area (Å²) in [7, 11) is -2.22. The molecule has 1 saturated heterocycles. The molecular formula is C24H30N4O5S2. The van der Waals surface area contributed by atoms with E-state index in [1.807, 2.05) is 25.1 Å². The number of hydrogen-bond acceptors (Lipinski definition) is 7. The summed E-state index contributed by atoms with van der Waals surface area (Å²) in [5.74, 6) is -1.12. The maximum atomic E-state index is 13.6. The minimum atomic E-state index is -3.95. The van der Waals surface area contributed by atoms with Crippen LogP contribution in [-0.2, 0) is 26.6 Å². The summed E-state index contributed by atoms with van der Waals surface area (Å²) >= 11 is 1.42. The molecule has 1 aliphatic heterocycles. The van der Waals surface area contributed by atoms with Crippen molar-refractivity contribution in [3.05, 3.63) is 40.7 Å². The molecule has 1 amide bonds. The molecule has 1 aliphatic rings. The molecule has 0 aliphatic carbocycles. The number of thiazole rings is 1. The number of esters is 1. The van der Waals surface area contributed by atoms with Gasteiger partial charge in [-0.3, -0.25) is 4.79 Å². The maximum absolute atomic E-state index is 13.6. The van der Waals surface area contributed by atoms with Gasteiger partial charge in [-0.1, -0.05) is 17.4 Å². The van der Waals surface area contributed by atoms with Gasteiger partial charge in [-0.2, -0.15) is 4.31 Å². The second-order valence-corrected chi connectivity index (χ2v) is 11.7. The Labute approximate surface area is 209 Å². The summed E-state index contributed by atoms with van der Waals surface area (Å²) in [6, 6.07) is 5.94. The molecule has 11 heteroatoms. The Hall–Kier alpha value is -2.76. The zero-order valence-corrected chi connectivity index (χ0v) is 22.2. The third-order valence-corrected chi connectivity index (χ3v) is 9.59. The van der Waals surface area contributed by atoms with E-state index in [4.69, 9.17) is 4.74 Å². The number of ether oxygens (including phenoxy) is 1. The van der Waals surface area contributed by atoms with Crippen LogP contribution in [0.4, 0.5) is 5.13 Å². The highest BCUT2D eigenvalue weighted by Gasteiger charge is 2.38. The van der Waals surface area contributed by atoms with Crippen LogP contribution in [0.1, 0.15) is 47.1 Å². The lowest BCUT2D eigenvalue weighted by Crippen LogP contribution is -2.41. The Morgan fingerprint density at radius 3 is 2.51 bits per heavy atom. The lowest BCUT2D eigenvalue weighted by atomic mass is 9.97. The highest BCUT2D eigenvalue weighted by Crippen LogP contribution is 2.33. The smallest absolute Gasteiger partial charge is 0.341 e. The predicted molar refractivity (Wildman–Crippen MR) is 135 cm³/mol. The van der Waals surface area contributed by atoms with Crippen LogP contribution in [0, 0.1) is 26.7 Å². The molecule has 2 aromatic heterocycles. The summed E-state index contributed by atoms with van der Waals surface area (Å²) in [4.78, 5) is 29.9. The number of nitrogens with one attached hydrogen (secondary N) is 1. The first-order chi connectivity index (χ1) is 16.5. The van der Waals surface area contributed by atoms with Gasteiger partial charge in [0.15, 0.2) is 5.13 Å². The fraction of sp³-hybridized carbons (Fsp3) is 0.458. The number of hydrogen-bond donors (Lipinski definition) is 1. The standard InChI is InChI=1S/C24H30N4O5S2/c1-6-33-23(30)20-15(3)27(5)16(4)21(20)35(31,32)28-11-9-17(10-12-28)22(29)26-24-25-18-8-7-14(2)13-19(18)34-24/h7-8,13,17H,6,9-12H2,1-5H3,(H,25,26,29). The molecule has 1 N–H and O–H groups in total. The van der Waals surface area contributed by atoms with Crippen molar-refractivity contribution in [3.63, 3.8) is 0 Å². The Morgan fingerprint density at radius 2 is 1.86 bits per heavy atom. The molecule has 9 nitrogen and oxygen atoms in total. The summed E-state index contributed by atoms with van der Waals surface area (Å²) in [6.45, 7) is 7.61. The number of sulfonamides is 1. The van der Waals surface area contributed by atoms with Crippen molar-refractivity contribution in [2.24, 2.45) is 13.0 Å². The van der Waals surface area contributed by atoms with Crippen LogP contribution in [0.5, 0.6) is 0 Å². The first-order valence-electron chi connectivity index (χ1n) is 11.6. The molecule has 1 aromatic carbocycles. The predicted octanol–water partition coefficient (Wildman–Crippen LogP) is 3.78. The van der Waals surface area contributed by atoms with E-state index in [-0.39, 0.29) is 42.0 Å². The molecule has 0 radical (unpaired) electrons. The van der Waals surface area contributed by atoms with Crippen molar-refractivity contribution in [1.82, 2.24) is 13.9 Å². The number of aryl methyl sites for hydroxylation is 1. The van der Waals surface area contributed by atoms with Crippen LogP contribution in [0.15, 0.2) is 23.1 Å². The minimum absolute atomic E-state index is 0.0105. The van der Waals surface area contributed by atoms with Gasteiger partial charge in [-0.05, 0) is 58.2 Å². The average molecular weight is 519 g/mol. The third kappa shape index (κ3) is 4.72. The molecule has 188 valence electrons. The largest absolute Gasteiger partial charge is 0.462 e. The molecule has 0 spiro atoms. The van der Waals surface area contributed by atoms with Crippen molar-refractivity contribution in [2.75, 3.05) is 25.0 Å². The van der Waals surface area contributed by atoms with Gasteiger partial charge in [0.25, 0.3) is 0 Å². The summed E-state index contributed by atoms with van der Waals surface area (Å²) in [5, 5.41) is 3.44. The number of amides is 1. The van der Waals surface area contributed by atoms with E-state index in [1.54, 1.807) is 32.4 Å². The monoisotopic (exact) mass is 518 g/mol. The van der Waals surface area contributed by atoms with Crippen LogP contribution in [0.25, 0.3) is 10.2 Å². The van der Waals surface area contributed by atoms with Gasteiger partial charge in [0.05, 0.1) is 16.8 Å². The van der Waals surface area contributed by atoms with E-state index in [9.17, 15) is 18.0 Å². The summed E-state index contributed by atoms with van der Waals surface area (Å²) in [6.07, 6.45) is 0.767. The SMILES string of the molecule is CCOC(=O)c1c(S(=O)(=O)N2CCC(C(=O)Nc3nc4ccc(C)cc4s3)CC2)c(C)n(C)c1C. The molecule has 1 fully saturated rings. The number of nitrogens with zero attached hydrogens (tertiary/aromatic N) is 3. The summed E-state index contributed by atoms with van der Waals surface area (Å²) < 4.78 is 36.4. The first kappa shape index (κ1) is 25.3. The number of rotatable bonds is 6. The zero-order valence-electron chi connectivity index (χ0n) is 20.5. The first-order valence-corrected chi connectivity index (χ1v) is 13.8. The average Bonchev–Trinajstić information content (AvgIpc) is 3.32. The number of piperidine rings is 1. The van der Waals surface area contributed by atoms with E-state index in [2.05, 4.69) is 10.3 Å². The lowest BCUT2D eigenvalue weighted by molar-refractivity contribution is -0.120. The Bertz CT molecular complexity index is 1400. The van der Waals surface area contributed by atoms with Crippen LogP contribution in [-0.4, -0.2) is 53.8 Å². The maximum Gasteiger partial charge on any atom is 0.341 e. The zero-order chi connectivity index (χ0) is 25.5. The van der Waals surface area contributed by atoms with Gasteiger partial charge in [-0.15, -0.1) is 0 Å². The minimum Gasteiger partial charge on any atom is -0.462 e. The Kier molecular flexibility index (Phi) is 7.03. The Balaban J connectivity index is 1.48. The second kappa shape index (κ2) is 9.71. The third-order valence-electron chi connectivity index (χ3n) is 6.60. The number of aromatic nitrogens is 2. The van der Waals surface area contributed by atoms with E-state index in [0.717, 1.165) is 15.8 Å². The van der Waals surface area contributed by atoms with Crippen LogP contribution < -0.4 is 5.32 Å². The van der Waals surface area contributed by atoms with E-state index in [0.29, 0.717) is 29.4 Å². The van der Waals surface area contributed by atoms with Crippen molar-refractivity contribution < 1.29 is 22.7 Å². The van der Waals surface area contributed by atoms with Gasteiger partial charge < -0.3 is 14.6 Å². The van der Waals surface area contributed by atoms with Crippen LogP contribution >= 0.6 is 11.3 Å². The van der Waals surface area contributed by atoms with E-state index in [1.165, 1.54) is 15.6 Å². The number of carbonyl (C=O) groups is 2. The topological polar surface area (TPSA) is 111 Å². The number of fused-ring (bicyclic) bond motifs is 1. The van der Waals surface area contributed by atoms with Gasteiger partial charge in [-0.25, -0.2) is 18.2 Å². The molecular weight excluding hydrogens is 488 g/mol. The lowest BCUT2D eigenvalue weighted by Gasteiger charge is -2.30. The van der Waals surface area contributed by atoms with Crippen LogP contribution in [0.2, 0.25) is 0 Å². The van der Waals surface area contributed by atoms with Gasteiger partial charge >= 0.3 is 5.97 Å². The Morgan fingerprint density at radius 1 is 1.17 bits per heavy atom. The fourth-order valence-corrected chi connectivity index (χ4v) is 7.37. The molecule has 0 unspecified atom stereocenters. The number of benzene rings is 1. The fourth-order valence-electron chi connectivity index (χ4n) is 4.46. The molecule has 3 heterocycles. The molecule has 35 heavy (non-hydrogen) atoms. The molecule has 4 rings (SSSR count). The summed E-state index contributed by atoms with van der Waals surface area (Å²) in [5.41, 5.74) is 3.07. The van der Waals surface area contributed by atoms with E-state index < -0.39 is 16.0 Å². The second-order valence-electron chi connectivity index (χ2n) is 8.81. The van der Waals surface area contributed by atoms with Crippen molar-refractivity contribution in [1.29, 1.82) is 0 Å². The highest BCUT2D eigenvalue weighted by atomic mass is 32.2. The van der Waals surface area contributed by atoms with Crippen molar-refractivity contribution >= 4 is 48.6 Å². The van der Waals surface area contributed by atoms with Gasteiger partial charge in [0, 0.05) is 37.4 Å². The van der Waals surface area contributed by atoms with Gasteiger partial charge in [0.1, 0.15) is 10.5 Å². The molecule has 0 bridgehead atoms. The van der Waals surface area contributed by atoms with E-state index >= 15 is 0 Å². The number of carbonyl (C=O) groups excluding carboxylic acids is 2. The molecule has 0 saturated carbocycles. The normalized spacial score (nSPS) is 15.5. The van der Waals surface area contributed by atoms with Crippen molar-refractivity contribution in [3.8, 4) is 0 Å². The highest BCUT2D eigenvalue weighted by molar-refractivity contribution is 7.89.